The fourth-order valence-corrected chi connectivity index (χ4v) is 5.52. The average molecular weight is 396 g/mol. The molecule has 0 radical (unpaired) electrons. The molecular weight excluding hydrogens is 370 g/mol. The van der Waals surface area contributed by atoms with Crippen LogP contribution in [0.3, 0.4) is 0 Å². The minimum Gasteiger partial charge on any atom is -0.319 e. The fourth-order valence-electron chi connectivity index (χ4n) is 3.33. The Hall–Kier alpha value is -1.51. The maximum Gasteiger partial charge on any atom is 0.266 e. The highest BCUT2D eigenvalue weighted by atomic mass is 32.2. The lowest BCUT2D eigenvalue weighted by Gasteiger charge is -2.31. The summed E-state index contributed by atoms with van der Waals surface area (Å²) in [5.74, 6) is 0.0562. The van der Waals surface area contributed by atoms with Gasteiger partial charge >= 0.3 is 0 Å². The van der Waals surface area contributed by atoms with E-state index in [1.54, 1.807) is 0 Å². The molecule has 1 atom stereocenters. The molecule has 0 saturated carbocycles. The maximum absolute atomic E-state index is 12.7. The number of fused-ring (bicyclic) bond motifs is 1. The summed E-state index contributed by atoms with van der Waals surface area (Å²) in [7, 11) is -1.53. The molecule has 2 heterocycles. The van der Waals surface area contributed by atoms with Crippen LogP contribution in [0.25, 0.3) is 10.2 Å². The Labute approximate surface area is 158 Å². The zero-order chi connectivity index (χ0) is 19.1. The first kappa shape index (κ1) is 19.3. The fraction of sp³-hybridized carbons (Fsp3) is 0.556. The summed E-state index contributed by atoms with van der Waals surface area (Å²) in [6.07, 6.45) is 3.31. The van der Waals surface area contributed by atoms with Crippen LogP contribution < -0.4 is 4.80 Å². The molecule has 1 amide bonds. The van der Waals surface area contributed by atoms with Crippen LogP contribution in [0.1, 0.15) is 44.6 Å². The predicted octanol–water partition coefficient (Wildman–Crippen LogP) is 2.60. The first-order chi connectivity index (χ1) is 12.2. The largest absolute Gasteiger partial charge is 0.319 e. The molecule has 1 aliphatic heterocycles. The molecule has 1 aliphatic rings. The predicted molar refractivity (Wildman–Crippen MR) is 105 cm³/mol. The van der Waals surface area contributed by atoms with Crippen molar-refractivity contribution in [3.8, 4) is 0 Å². The molecule has 1 unspecified atom stereocenters. The second-order valence-corrected chi connectivity index (χ2v) is 10.1. The van der Waals surface area contributed by atoms with E-state index in [0.29, 0.717) is 23.7 Å². The van der Waals surface area contributed by atoms with E-state index >= 15 is 0 Å². The average Bonchev–Trinajstić information content (AvgIpc) is 2.89. The second kappa shape index (κ2) is 7.25. The minimum absolute atomic E-state index is 0.374. The molecule has 2 aromatic rings. The summed E-state index contributed by atoms with van der Waals surface area (Å²) < 4.78 is 28.3. The van der Waals surface area contributed by atoms with Crippen LogP contribution >= 0.6 is 11.3 Å². The van der Waals surface area contributed by atoms with E-state index in [-0.39, 0.29) is 5.91 Å². The van der Waals surface area contributed by atoms with Gasteiger partial charge in [-0.3, -0.25) is 4.79 Å². The molecule has 0 spiro atoms. The van der Waals surface area contributed by atoms with Crippen molar-refractivity contribution in [1.29, 1.82) is 0 Å². The summed E-state index contributed by atoms with van der Waals surface area (Å²) in [5.41, 5.74) is 2.27. The SMILES string of the molecule is CC(C)c1ccc2c(c1)sc(=NC(=O)C1CCCCN1S(C)(=O)=O)n2C. The van der Waals surface area contributed by atoms with E-state index in [9.17, 15) is 13.2 Å². The van der Waals surface area contributed by atoms with Gasteiger partial charge in [0.2, 0.25) is 10.0 Å². The van der Waals surface area contributed by atoms with Crippen LogP contribution in [0.2, 0.25) is 0 Å². The van der Waals surface area contributed by atoms with Crippen LogP contribution in [0, 0.1) is 0 Å². The Morgan fingerprint density at radius 2 is 2.04 bits per heavy atom. The molecule has 1 saturated heterocycles. The second-order valence-electron chi connectivity index (χ2n) is 7.16. The van der Waals surface area contributed by atoms with Gasteiger partial charge in [0.25, 0.3) is 5.91 Å². The highest BCUT2D eigenvalue weighted by Gasteiger charge is 2.34. The van der Waals surface area contributed by atoms with Crippen molar-refractivity contribution in [2.45, 2.75) is 45.1 Å². The topological polar surface area (TPSA) is 71.7 Å². The summed E-state index contributed by atoms with van der Waals surface area (Å²) in [6, 6.07) is 5.60. The minimum atomic E-state index is -3.41. The summed E-state index contributed by atoms with van der Waals surface area (Å²) in [4.78, 5) is 17.6. The quantitative estimate of drug-likeness (QED) is 0.802. The van der Waals surface area contributed by atoms with Crippen molar-refractivity contribution in [1.82, 2.24) is 8.87 Å². The van der Waals surface area contributed by atoms with Crippen molar-refractivity contribution in [3.63, 3.8) is 0 Å². The number of hydrogen-bond acceptors (Lipinski definition) is 4. The van der Waals surface area contributed by atoms with E-state index in [0.717, 1.165) is 29.3 Å². The number of aromatic nitrogens is 1. The maximum atomic E-state index is 12.7. The Bertz CT molecular complexity index is 1000. The molecule has 0 aliphatic carbocycles. The number of carbonyl (C=O) groups excluding carboxylic acids is 1. The first-order valence-electron chi connectivity index (χ1n) is 8.83. The van der Waals surface area contributed by atoms with E-state index in [4.69, 9.17) is 0 Å². The molecule has 0 bridgehead atoms. The van der Waals surface area contributed by atoms with Crippen molar-refractivity contribution in [2.24, 2.45) is 12.0 Å². The molecule has 1 fully saturated rings. The van der Waals surface area contributed by atoms with Crippen LogP contribution in [-0.2, 0) is 21.9 Å². The standard InChI is InChI=1S/C18H25N3O3S2/c1-12(2)13-8-9-14-16(11-13)25-18(20(14)3)19-17(22)15-7-5-6-10-21(15)26(4,23)24/h8-9,11-12,15H,5-7,10H2,1-4H3. The number of hydrogen-bond donors (Lipinski definition) is 0. The number of piperidine rings is 1. The number of carbonyl (C=O) groups is 1. The zero-order valence-electron chi connectivity index (χ0n) is 15.6. The van der Waals surface area contributed by atoms with Gasteiger partial charge in [-0.15, -0.1) is 0 Å². The molecule has 1 aromatic heterocycles. The van der Waals surface area contributed by atoms with E-state index < -0.39 is 16.1 Å². The third-order valence-electron chi connectivity index (χ3n) is 4.87. The summed E-state index contributed by atoms with van der Waals surface area (Å²) >= 11 is 1.46. The van der Waals surface area contributed by atoms with Crippen LogP contribution in [0.15, 0.2) is 23.2 Å². The Morgan fingerprint density at radius 1 is 1.31 bits per heavy atom. The van der Waals surface area contributed by atoms with Gasteiger partial charge in [-0.25, -0.2) is 8.42 Å². The van der Waals surface area contributed by atoms with Gasteiger partial charge in [-0.05, 0) is 36.5 Å². The number of amides is 1. The van der Waals surface area contributed by atoms with E-state index in [2.05, 4.69) is 31.0 Å². The van der Waals surface area contributed by atoms with Gasteiger partial charge in [0.05, 0.1) is 16.5 Å². The Kier molecular flexibility index (Phi) is 5.37. The van der Waals surface area contributed by atoms with Crippen LogP contribution in [-0.4, -0.2) is 42.0 Å². The van der Waals surface area contributed by atoms with Crippen LogP contribution in [0.5, 0.6) is 0 Å². The smallest absolute Gasteiger partial charge is 0.266 e. The zero-order valence-corrected chi connectivity index (χ0v) is 17.2. The van der Waals surface area contributed by atoms with Gasteiger partial charge in [-0.1, -0.05) is 37.7 Å². The Morgan fingerprint density at radius 3 is 2.69 bits per heavy atom. The lowest BCUT2D eigenvalue weighted by molar-refractivity contribution is -0.122. The molecule has 6 nitrogen and oxygen atoms in total. The molecule has 0 N–H and O–H groups in total. The number of benzene rings is 1. The highest BCUT2D eigenvalue weighted by Crippen LogP contribution is 2.24. The number of sulfonamides is 1. The molecule has 26 heavy (non-hydrogen) atoms. The summed E-state index contributed by atoms with van der Waals surface area (Å²) in [5, 5.41) is 0. The van der Waals surface area contributed by atoms with Crippen LogP contribution in [0.4, 0.5) is 0 Å². The Balaban J connectivity index is 2.00. The van der Waals surface area contributed by atoms with Gasteiger partial charge < -0.3 is 4.57 Å². The summed E-state index contributed by atoms with van der Waals surface area (Å²) in [6.45, 7) is 4.68. The van der Waals surface area contributed by atoms with E-state index in [1.807, 2.05) is 17.7 Å². The molecular formula is C18H25N3O3S2. The molecule has 8 heteroatoms. The molecule has 3 rings (SSSR count). The lowest BCUT2D eigenvalue weighted by Crippen LogP contribution is -2.47. The number of thiazole rings is 1. The third-order valence-corrected chi connectivity index (χ3v) is 7.25. The molecule has 142 valence electrons. The normalized spacial score (nSPS) is 20.2. The van der Waals surface area contributed by atoms with Crippen molar-refractivity contribution < 1.29 is 13.2 Å². The lowest BCUT2D eigenvalue weighted by atomic mass is 10.0. The van der Waals surface area contributed by atoms with Crippen molar-refractivity contribution in [3.05, 3.63) is 28.6 Å². The van der Waals surface area contributed by atoms with Crippen molar-refractivity contribution in [2.75, 3.05) is 12.8 Å². The first-order valence-corrected chi connectivity index (χ1v) is 11.5. The third kappa shape index (κ3) is 3.77. The number of aryl methyl sites for hydroxylation is 1. The monoisotopic (exact) mass is 395 g/mol. The van der Waals surface area contributed by atoms with Gasteiger partial charge in [-0.2, -0.15) is 9.30 Å². The number of rotatable bonds is 3. The molecule has 1 aromatic carbocycles. The van der Waals surface area contributed by atoms with E-state index in [1.165, 1.54) is 21.2 Å². The highest BCUT2D eigenvalue weighted by molar-refractivity contribution is 7.88. The van der Waals surface area contributed by atoms with Crippen molar-refractivity contribution >= 4 is 37.5 Å². The van der Waals surface area contributed by atoms with Gasteiger partial charge in [0.15, 0.2) is 4.80 Å². The van der Waals surface area contributed by atoms with Gasteiger partial charge in [0.1, 0.15) is 6.04 Å². The number of nitrogens with zero attached hydrogens (tertiary/aromatic N) is 3. The van der Waals surface area contributed by atoms with Gasteiger partial charge in [0, 0.05) is 13.6 Å².